The Kier molecular flexibility index (Phi) is 2.16. The van der Waals surface area contributed by atoms with Gasteiger partial charge in [0.2, 0.25) is 0 Å². The SMILES string of the molecule is COc1cccc2c(C)ccc(C)c12. The van der Waals surface area contributed by atoms with Gasteiger partial charge in [0.25, 0.3) is 0 Å². The number of hydrogen-bond donors (Lipinski definition) is 0. The number of rotatable bonds is 1. The Morgan fingerprint density at radius 3 is 2.36 bits per heavy atom. The molecule has 14 heavy (non-hydrogen) atoms. The minimum absolute atomic E-state index is 0.962. The van der Waals surface area contributed by atoms with Crippen molar-refractivity contribution in [1.29, 1.82) is 0 Å². The Bertz CT molecular complexity index is 472. The summed E-state index contributed by atoms with van der Waals surface area (Å²) in [7, 11) is 1.72. The fourth-order valence-electron chi connectivity index (χ4n) is 1.86. The predicted octanol–water partition coefficient (Wildman–Crippen LogP) is 3.47. The van der Waals surface area contributed by atoms with Gasteiger partial charge < -0.3 is 4.74 Å². The summed E-state index contributed by atoms with van der Waals surface area (Å²) in [5.74, 6) is 0.962. The van der Waals surface area contributed by atoms with Crippen LogP contribution in [0.4, 0.5) is 0 Å². The molecule has 0 N–H and O–H groups in total. The molecule has 0 atom stereocenters. The molecule has 0 aliphatic carbocycles. The maximum absolute atomic E-state index is 5.36. The Morgan fingerprint density at radius 2 is 1.64 bits per heavy atom. The van der Waals surface area contributed by atoms with E-state index in [1.54, 1.807) is 7.11 Å². The number of ether oxygens (including phenoxy) is 1. The highest BCUT2D eigenvalue weighted by molar-refractivity contribution is 5.93. The van der Waals surface area contributed by atoms with Crippen LogP contribution in [0.2, 0.25) is 0 Å². The van der Waals surface area contributed by atoms with Gasteiger partial charge in [-0.3, -0.25) is 0 Å². The van der Waals surface area contributed by atoms with Crippen molar-refractivity contribution >= 4 is 10.8 Å². The second-order valence-corrected chi connectivity index (χ2v) is 3.58. The third-order valence-corrected chi connectivity index (χ3v) is 2.65. The minimum atomic E-state index is 0.962. The van der Waals surface area contributed by atoms with Crippen molar-refractivity contribution in [2.75, 3.05) is 7.11 Å². The summed E-state index contributed by atoms with van der Waals surface area (Å²) < 4.78 is 5.36. The first-order valence-electron chi connectivity index (χ1n) is 4.77. The molecule has 0 fully saturated rings. The third-order valence-electron chi connectivity index (χ3n) is 2.65. The monoisotopic (exact) mass is 186 g/mol. The highest BCUT2D eigenvalue weighted by atomic mass is 16.5. The highest BCUT2D eigenvalue weighted by Crippen LogP contribution is 2.30. The van der Waals surface area contributed by atoms with Gasteiger partial charge in [0, 0.05) is 5.39 Å². The van der Waals surface area contributed by atoms with E-state index < -0.39 is 0 Å². The van der Waals surface area contributed by atoms with E-state index >= 15 is 0 Å². The lowest BCUT2D eigenvalue weighted by Gasteiger charge is -2.09. The van der Waals surface area contributed by atoms with Crippen molar-refractivity contribution < 1.29 is 4.74 Å². The van der Waals surface area contributed by atoms with Crippen molar-refractivity contribution in [2.24, 2.45) is 0 Å². The Labute approximate surface area is 84.3 Å². The molecular weight excluding hydrogens is 172 g/mol. The van der Waals surface area contributed by atoms with E-state index in [1.165, 1.54) is 21.9 Å². The van der Waals surface area contributed by atoms with Crippen LogP contribution in [0.25, 0.3) is 10.8 Å². The summed E-state index contributed by atoms with van der Waals surface area (Å²) in [6.45, 7) is 4.24. The van der Waals surface area contributed by atoms with Crippen molar-refractivity contribution in [3.8, 4) is 5.75 Å². The van der Waals surface area contributed by atoms with Crippen LogP contribution < -0.4 is 4.74 Å². The molecule has 0 amide bonds. The molecular formula is C13H14O. The van der Waals surface area contributed by atoms with Gasteiger partial charge in [0.05, 0.1) is 7.11 Å². The van der Waals surface area contributed by atoms with E-state index in [-0.39, 0.29) is 0 Å². The molecule has 0 radical (unpaired) electrons. The highest BCUT2D eigenvalue weighted by Gasteiger charge is 2.05. The smallest absolute Gasteiger partial charge is 0.126 e. The van der Waals surface area contributed by atoms with Crippen LogP contribution in [0, 0.1) is 13.8 Å². The first-order chi connectivity index (χ1) is 6.74. The molecule has 2 rings (SSSR count). The molecule has 2 aromatic carbocycles. The molecule has 0 bridgehead atoms. The first kappa shape index (κ1) is 9.07. The number of aryl methyl sites for hydroxylation is 2. The normalized spacial score (nSPS) is 10.5. The molecule has 0 aromatic heterocycles. The lowest BCUT2D eigenvalue weighted by atomic mass is 10.0. The molecule has 0 aliphatic heterocycles. The number of fused-ring (bicyclic) bond motifs is 1. The van der Waals surface area contributed by atoms with Gasteiger partial charge in [0.1, 0.15) is 5.75 Å². The fourth-order valence-corrected chi connectivity index (χ4v) is 1.86. The molecule has 2 aromatic rings. The molecule has 0 aliphatic rings. The zero-order valence-electron chi connectivity index (χ0n) is 8.79. The fraction of sp³-hybridized carbons (Fsp3) is 0.231. The lowest BCUT2D eigenvalue weighted by molar-refractivity contribution is 0.419. The van der Waals surface area contributed by atoms with Crippen LogP contribution in [-0.2, 0) is 0 Å². The molecule has 0 unspecified atom stereocenters. The summed E-state index contributed by atoms with van der Waals surface area (Å²) in [6.07, 6.45) is 0. The van der Waals surface area contributed by atoms with Gasteiger partial charge in [-0.15, -0.1) is 0 Å². The maximum Gasteiger partial charge on any atom is 0.126 e. The summed E-state index contributed by atoms with van der Waals surface area (Å²) in [4.78, 5) is 0. The van der Waals surface area contributed by atoms with Crippen LogP contribution in [-0.4, -0.2) is 7.11 Å². The van der Waals surface area contributed by atoms with Crippen LogP contribution >= 0.6 is 0 Å². The van der Waals surface area contributed by atoms with Crippen LogP contribution in [0.15, 0.2) is 30.3 Å². The largest absolute Gasteiger partial charge is 0.496 e. The van der Waals surface area contributed by atoms with Gasteiger partial charge in [-0.1, -0.05) is 24.3 Å². The molecule has 0 heterocycles. The molecule has 72 valence electrons. The molecule has 0 saturated heterocycles. The first-order valence-corrected chi connectivity index (χ1v) is 4.77. The second-order valence-electron chi connectivity index (χ2n) is 3.58. The van der Waals surface area contributed by atoms with Gasteiger partial charge in [-0.2, -0.15) is 0 Å². The zero-order valence-corrected chi connectivity index (χ0v) is 8.79. The zero-order chi connectivity index (χ0) is 10.1. The number of benzene rings is 2. The van der Waals surface area contributed by atoms with Crippen LogP contribution in [0.1, 0.15) is 11.1 Å². The van der Waals surface area contributed by atoms with E-state index in [4.69, 9.17) is 4.74 Å². The summed E-state index contributed by atoms with van der Waals surface area (Å²) in [5, 5.41) is 2.51. The second kappa shape index (κ2) is 3.33. The van der Waals surface area contributed by atoms with E-state index in [0.717, 1.165) is 5.75 Å². The van der Waals surface area contributed by atoms with Crippen LogP contribution in [0.3, 0.4) is 0 Å². The van der Waals surface area contributed by atoms with E-state index in [2.05, 4.69) is 32.0 Å². The minimum Gasteiger partial charge on any atom is -0.496 e. The maximum atomic E-state index is 5.36. The van der Waals surface area contributed by atoms with E-state index in [9.17, 15) is 0 Å². The predicted molar refractivity (Wildman–Crippen MR) is 60.0 cm³/mol. The van der Waals surface area contributed by atoms with Gasteiger partial charge >= 0.3 is 0 Å². The number of methoxy groups -OCH3 is 1. The summed E-state index contributed by atoms with van der Waals surface area (Å²) >= 11 is 0. The van der Waals surface area contributed by atoms with Crippen molar-refractivity contribution in [1.82, 2.24) is 0 Å². The summed E-state index contributed by atoms with van der Waals surface area (Å²) in [5.41, 5.74) is 2.56. The Morgan fingerprint density at radius 1 is 0.929 bits per heavy atom. The molecule has 1 heteroatoms. The van der Waals surface area contributed by atoms with Crippen molar-refractivity contribution in [3.05, 3.63) is 41.5 Å². The molecule has 1 nitrogen and oxygen atoms in total. The van der Waals surface area contributed by atoms with Gasteiger partial charge in [-0.25, -0.2) is 0 Å². The summed E-state index contributed by atoms with van der Waals surface area (Å²) in [6, 6.07) is 10.5. The lowest BCUT2D eigenvalue weighted by Crippen LogP contribution is -1.88. The average Bonchev–Trinajstić information content (AvgIpc) is 2.23. The van der Waals surface area contributed by atoms with Crippen LogP contribution in [0.5, 0.6) is 5.75 Å². The van der Waals surface area contributed by atoms with Crippen molar-refractivity contribution in [2.45, 2.75) is 13.8 Å². The Hall–Kier alpha value is -1.50. The number of hydrogen-bond acceptors (Lipinski definition) is 1. The van der Waals surface area contributed by atoms with Gasteiger partial charge in [0.15, 0.2) is 0 Å². The third kappa shape index (κ3) is 1.25. The topological polar surface area (TPSA) is 9.23 Å². The average molecular weight is 186 g/mol. The standard InChI is InChI=1S/C13H14O/c1-9-7-8-10(2)13-11(9)5-4-6-12(13)14-3/h4-8H,1-3H3. The van der Waals surface area contributed by atoms with E-state index in [1.807, 2.05) is 12.1 Å². The molecule has 0 saturated carbocycles. The van der Waals surface area contributed by atoms with Gasteiger partial charge in [-0.05, 0) is 36.4 Å². The Balaban J connectivity index is 2.92. The van der Waals surface area contributed by atoms with Crippen molar-refractivity contribution in [3.63, 3.8) is 0 Å². The quantitative estimate of drug-likeness (QED) is 0.662. The molecule has 0 spiro atoms. The van der Waals surface area contributed by atoms with E-state index in [0.29, 0.717) is 0 Å².